The summed E-state index contributed by atoms with van der Waals surface area (Å²) in [4.78, 5) is 17.9. The van der Waals surface area contributed by atoms with Crippen LogP contribution in [0.3, 0.4) is 0 Å². The minimum absolute atomic E-state index is 0.0889. The zero-order valence-corrected chi connectivity index (χ0v) is 14.4. The van der Waals surface area contributed by atoms with Crippen molar-refractivity contribution < 1.29 is 9.53 Å². The fourth-order valence-electron chi connectivity index (χ4n) is 2.74. The SMILES string of the molecule is COCCC1(C(=O)Nc2ncc(Cc3cccc(C)c3)s2)CC1. The summed E-state index contributed by atoms with van der Waals surface area (Å²) >= 11 is 1.56. The molecule has 5 heteroatoms. The number of rotatable bonds is 7. The van der Waals surface area contributed by atoms with Gasteiger partial charge in [-0.2, -0.15) is 0 Å². The number of aromatic nitrogens is 1. The van der Waals surface area contributed by atoms with Gasteiger partial charge < -0.3 is 10.1 Å². The lowest BCUT2D eigenvalue weighted by Crippen LogP contribution is -2.25. The van der Waals surface area contributed by atoms with Crippen LogP contribution in [0.4, 0.5) is 5.13 Å². The molecule has 0 spiro atoms. The first-order valence-electron chi connectivity index (χ1n) is 7.92. The van der Waals surface area contributed by atoms with Crippen molar-refractivity contribution in [1.29, 1.82) is 0 Å². The smallest absolute Gasteiger partial charge is 0.232 e. The number of benzene rings is 1. The third kappa shape index (κ3) is 3.98. The average Bonchev–Trinajstić information content (AvgIpc) is 3.21. The van der Waals surface area contributed by atoms with Crippen LogP contribution in [0, 0.1) is 12.3 Å². The van der Waals surface area contributed by atoms with Crippen LogP contribution in [0.25, 0.3) is 0 Å². The van der Waals surface area contributed by atoms with E-state index in [2.05, 4.69) is 41.5 Å². The largest absolute Gasteiger partial charge is 0.385 e. The van der Waals surface area contributed by atoms with Gasteiger partial charge in [-0.25, -0.2) is 4.98 Å². The van der Waals surface area contributed by atoms with E-state index in [0.717, 1.165) is 30.6 Å². The number of thiazole rings is 1. The highest BCUT2D eigenvalue weighted by Gasteiger charge is 2.49. The number of nitrogens with zero attached hydrogens (tertiary/aromatic N) is 1. The second-order valence-corrected chi connectivity index (χ2v) is 7.39. The number of aryl methyl sites for hydroxylation is 1. The van der Waals surface area contributed by atoms with E-state index in [9.17, 15) is 4.79 Å². The lowest BCUT2D eigenvalue weighted by Gasteiger charge is -2.12. The predicted octanol–water partition coefficient (Wildman–Crippen LogP) is 3.80. The Balaban J connectivity index is 1.60. The summed E-state index contributed by atoms with van der Waals surface area (Å²) < 4.78 is 5.11. The van der Waals surface area contributed by atoms with Gasteiger partial charge in [-0.3, -0.25) is 4.79 Å². The van der Waals surface area contributed by atoms with Gasteiger partial charge in [0.15, 0.2) is 5.13 Å². The molecule has 0 atom stereocenters. The first kappa shape index (κ1) is 16.1. The molecular formula is C18H22N2O2S. The Morgan fingerprint density at radius 2 is 2.26 bits per heavy atom. The van der Waals surface area contributed by atoms with Crippen LogP contribution in [-0.4, -0.2) is 24.6 Å². The number of amides is 1. The van der Waals surface area contributed by atoms with E-state index in [1.165, 1.54) is 11.1 Å². The molecule has 0 bridgehead atoms. The van der Waals surface area contributed by atoms with Crippen molar-refractivity contribution in [1.82, 2.24) is 4.98 Å². The van der Waals surface area contributed by atoms with Crippen LogP contribution in [-0.2, 0) is 16.0 Å². The van der Waals surface area contributed by atoms with Gasteiger partial charge in [-0.05, 0) is 31.7 Å². The fourth-order valence-corrected chi connectivity index (χ4v) is 3.58. The fraction of sp³-hybridized carbons (Fsp3) is 0.444. The Labute approximate surface area is 140 Å². The zero-order chi connectivity index (χ0) is 16.3. The van der Waals surface area contributed by atoms with Crippen LogP contribution in [0.15, 0.2) is 30.5 Å². The van der Waals surface area contributed by atoms with Gasteiger partial charge in [0, 0.05) is 31.2 Å². The molecule has 1 saturated carbocycles. The molecule has 1 aliphatic carbocycles. The summed E-state index contributed by atoms with van der Waals surface area (Å²) in [5.41, 5.74) is 2.30. The van der Waals surface area contributed by atoms with Crippen molar-refractivity contribution in [2.24, 2.45) is 5.41 Å². The van der Waals surface area contributed by atoms with Gasteiger partial charge in [0.05, 0.1) is 5.41 Å². The van der Waals surface area contributed by atoms with Crippen LogP contribution >= 0.6 is 11.3 Å². The normalized spacial score (nSPS) is 15.4. The second kappa shape index (κ2) is 6.81. The number of carbonyl (C=O) groups is 1. The highest BCUT2D eigenvalue weighted by Crippen LogP contribution is 2.49. The van der Waals surface area contributed by atoms with Gasteiger partial charge in [0.2, 0.25) is 5.91 Å². The van der Waals surface area contributed by atoms with E-state index < -0.39 is 0 Å². The van der Waals surface area contributed by atoms with E-state index in [-0.39, 0.29) is 11.3 Å². The summed E-state index contributed by atoms with van der Waals surface area (Å²) in [5.74, 6) is 0.0889. The molecule has 1 aromatic heterocycles. The molecule has 0 unspecified atom stereocenters. The molecular weight excluding hydrogens is 308 g/mol. The Morgan fingerprint density at radius 3 is 2.96 bits per heavy atom. The first-order chi connectivity index (χ1) is 11.1. The number of anilines is 1. The first-order valence-corrected chi connectivity index (χ1v) is 8.74. The van der Waals surface area contributed by atoms with Crippen LogP contribution in [0.2, 0.25) is 0 Å². The number of hydrogen-bond acceptors (Lipinski definition) is 4. The van der Waals surface area contributed by atoms with Crippen molar-refractivity contribution in [2.75, 3.05) is 19.0 Å². The summed E-state index contributed by atoms with van der Waals surface area (Å²) in [5, 5.41) is 3.68. The second-order valence-electron chi connectivity index (χ2n) is 6.27. The van der Waals surface area contributed by atoms with E-state index in [0.29, 0.717) is 11.7 Å². The van der Waals surface area contributed by atoms with Crippen molar-refractivity contribution >= 4 is 22.4 Å². The van der Waals surface area contributed by atoms with Crippen LogP contribution in [0.5, 0.6) is 0 Å². The maximum Gasteiger partial charge on any atom is 0.232 e. The molecule has 3 rings (SSSR count). The van der Waals surface area contributed by atoms with Crippen LogP contribution < -0.4 is 5.32 Å². The summed E-state index contributed by atoms with van der Waals surface area (Å²) in [6, 6.07) is 8.47. The van der Waals surface area contributed by atoms with Crippen molar-refractivity contribution in [3.05, 3.63) is 46.5 Å². The molecule has 23 heavy (non-hydrogen) atoms. The minimum Gasteiger partial charge on any atom is -0.385 e. The third-order valence-electron chi connectivity index (χ3n) is 4.35. The Morgan fingerprint density at radius 1 is 1.43 bits per heavy atom. The number of hydrogen-bond donors (Lipinski definition) is 1. The Kier molecular flexibility index (Phi) is 4.78. The number of carbonyl (C=O) groups excluding carboxylic acids is 1. The lowest BCUT2D eigenvalue weighted by molar-refractivity contribution is -0.121. The highest BCUT2D eigenvalue weighted by molar-refractivity contribution is 7.15. The summed E-state index contributed by atoms with van der Waals surface area (Å²) in [6.07, 6.45) is 5.39. The Hall–Kier alpha value is -1.72. The van der Waals surface area contributed by atoms with Gasteiger partial charge in [-0.1, -0.05) is 29.8 Å². The maximum atomic E-state index is 12.4. The van der Waals surface area contributed by atoms with E-state index in [1.807, 2.05) is 6.20 Å². The number of nitrogens with one attached hydrogen (secondary N) is 1. The molecule has 0 aliphatic heterocycles. The van der Waals surface area contributed by atoms with Gasteiger partial charge in [0.25, 0.3) is 0 Å². The molecule has 1 aromatic carbocycles. The van der Waals surface area contributed by atoms with Crippen molar-refractivity contribution in [2.45, 2.75) is 32.6 Å². The summed E-state index contributed by atoms with van der Waals surface area (Å²) in [6.45, 7) is 2.72. The average molecular weight is 330 g/mol. The standard InChI is InChI=1S/C18H22N2O2S/c1-13-4-3-5-14(10-13)11-15-12-19-17(23-15)20-16(21)18(6-7-18)8-9-22-2/h3-5,10,12H,6-9,11H2,1-2H3,(H,19,20,21). The molecule has 1 fully saturated rings. The van der Waals surface area contributed by atoms with Crippen molar-refractivity contribution in [3.8, 4) is 0 Å². The maximum absolute atomic E-state index is 12.4. The zero-order valence-electron chi connectivity index (χ0n) is 13.6. The van der Waals surface area contributed by atoms with E-state index in [1.54, 1.807) is 18.4 Å². The quantitative estimate of drug-likeness (QED) is 0.840. The molecule has 1 N–H and O–H groups in total. The van der Waals surface area contributed by atoms with E-state index >= 15 is 0 Å². The topological polar surface area (TPSA) is 51.2 Å². The predicted molar refractivity (Wildman–Crippen MR) is 92.9 cm³/mol. The van der Waals surface area contributed by atoms with Gasteiger partial charge >= 0.3 is 0 Å². The lowest BCUT2D eigenvalue weighted by atomic mass is 10.0. The third-order valence-corrected chi connectivity index (χ3v) is 5.27. The van der Waals surface area contributed by atoms with Gasteiger partial charge in [-0.15, -0.1) is 11.3 Å². The molecule has 1 heterocycles. The van der Waals surface area contributed by atoms with Gasteiger partial charge in [0.1, 0.15) is 0 Å². The molecule has 1 aliphatic rings. The molecule has 0 saturated heterocycles. The number of methoxy groups -OCH3 is 1. The number of ether oxygens (including phenoxy) is 1. The van der Waals surface area contributed by atoms with E-state index in [4.69, 9.17) is 4.74 Å². The molecule has 2 aromatic rings. The minimum atomic E-state index is -0.224. The highest BCUT2D eigenvalue weighted by atomic mass is 32.1. The monoisotopic (exact) mass is 330 g/mol. The summed E-state index contributed by atoms with van der Waals surface area (Å²) in [7, 11) is 1.67. The molecule has 122 valence electrons. The van der Waals surface area contributed by atoms with Crippen molar-refractivity contribution in [3.63, 3.8) is 0 Å². The molecule has 1 amide bonds. The molecule has 0 radical (unpaired) electrons. The Bertz CT molecular complexity index is 692. The molecule has 4 nitrogen and oxygen atoms in total. The van der Waals surface area contributed by atoms with Crippen LogP contribution in [0.1, 0.15) is 35.3 Å².